The Hall–Kier alpha value is -2.63. The predicted octanol–water partition coefficient (Wildman–Crippen LogP) is 5.16. The molecule has 2 rings (SSSR count). The first kappa shape index (κ1) is 28.6. The summed E-state index contributed by atoms with van der Waals surface area (Å²) in [7, 11) is 0. The number of carbonyl (C=O) groups excluding carboxylic acids is 3. The van der Waals surface area contributed by atoms with Gasteiger partial charge in [0.25, 0.3) is 5.91 Å². The molecule has 196 valence electrons. The van der Waals surface area contributed by atoms with Crippen LogP contribution < -0.4 is 4.74 Å². The third-order valence-electron chi connectivity index (χ3n) is 4.57. The van der Waals surface area contributed by atoms with Crippen LogP contribution in [0, 0.1) is 0 Å². The lowest BCUT2D eigenvalue weighted by Crippen LogP contribution is -2.51. The molecule has 12 heteroatoms. The monoisotopic (exact) mass is 520 g/mol. The molecule has 2 atom stereocenters. The number of alkyl halides is 3. The Balaban J connectivity index is 2.31. The van der Waals surface area contributed by atoms with Crippen LogP contribution in [-0.2, 0) is 20.8 Å². The van der Waals surface area contributed by atoms with E-state index in [4.69, 9.17) is 9.47 Å². The maximum Gasteiger partial charge on any atom is 0.573 e. The van der Waals surface area contributed by atoms with Crippen LogP contribution in [0.15, 0.2) is 24.3 Å². The summed E-state index contributed by atoms with van der Waals surface area (Å²) >= 11 is 4.40. The highest BCUT2D eigenvalue weighted by Gasteiger charge is 2.44. The molecule has 1 aliphatic heterocycles. The van der Waals surface area contributed by atoms with Crippen LogP contribution in [0.25, 0.3) is 0 Å². The van der Waals surface area contributed by atoms with Gasteiger partial charge in [0.05, 0.1) is 6.54 Å². The second-order valence-corrected chi connectivity index (χ2v) is 10.9. The third kappa shape index (κ3) is 9.15. The number of ether oxygens (including phenoxy) is 3. The first-order chi connectivity index (χ1) is 15.8. The molecule has 2 unspecified atom stereocenters. The van der Waals surface area contributed by atoms with Gasteiger partial charge >= 0.3 is 18.5 Å². The van der Waals surface area contributed by atoms with Crippen LogP contribution in [0.4, 0.5) is 22.8 Å². The fraction of sp³-hybridized carbons (Fsp3) is 0.609. The molecule has 3 amide bonds. The lowest BCUT2D eigenvalue weighted by atomic mass is 10.1. The minimum absolute atomic E-state index is 0.139. The summed E-state index contributed by atoms with van der Waals surface area (Å²) in [6, 6.07) is 3.72. The Labute approximate surface area is 208 Å². The van der Waals surface area contributed by atoms with E-state index in [0.29, 0.717) is 5.56 Å². The Bertz CT molecular complexity index is 925. The molecule has 0 aromatic heterocycles. The van der Waals surface area contributed by atoms with Crippen molar-refractivity contribution >= 4 is 30.7 Å². The molecular weight excluding hydrogens is 489 g/mol. The summed E-state index contributed by atoms with van der Waals surface area (Å²) in [5, 5.41) is -0.323. The third-order valence-corrected chi connectivity index (χ3v) is 4.94. The Morgan fingerprint density at radius 2 is 1.54 bits per heavy atom. The van der Waals surface area contributed by atoms with E-state index in [0.717, 1.165) is 17.0 Å². The summed E-state index contributed by atoms with van der Waals surface area (Å²) in [6.45, 7) is 9.80. The first-order valence-electron chi connectivity index (χ1n) is 10.9. The van der Waals surface area contributed by atoms with E-state index >= 15 is 0 Å². The van der Waals surface area contributed by atoms with Gasteiger partial charge in [-0.05, 0) is 65.7 Å². The normalized spacial score (nSPS) is 18.7. The molecule has 0 radical (unpaired) electrons. The standard InChI is InChI=1S/C23H31F3N2O6S/c1-21(2,3)33-19(30)27-13-16(35)11-17(27)18(29)28(20(31)34-22(4,5)6)12-14-7-9-15(10-8-14)32-23(24,25)26/h7-10,16-17,35H,11-13H2,1-6H3. The van der Waals surface area contributed by atoms with Gasteiger partial charge in [0.15, 0.2) is 0 Å². The van der Waals surface area contributed by atoms with Gasteiger partial charge in [-0.2, -0.15) is 12.6 Å². The molecule has 1 saturated heterocycles. The van der Waals surface area contributed by atoms with Crippen molar-refractivity contribution in [3.05, 3.63) is 29.8 Å². The van der Waals surface area contributed by atoms with Crippen molar-refractivity contribution in [2.24, 2.45) is 0 Å². The van der Waals surface area contributed by atoms with Gasteiger partial charge in [-0.15, -0.1) is 13.2 Å². The Morgan fingerprint density at radius 1 is 1.00 bits per heavy atom. The molecule has 35 heavy (non-hydrogen) atoms. The number of carbonyl (C=O) groups is 3. The largest absolute Gasteiger partial charge is 0.573 e. The number of benzene rings is 1. The fourth-order valence-electron chi connectivity index (χ4n) is 3.28. The van der Waals surface area contributed by atoms with Gasteiger partial charge < -0.3 is 14.2 Å². The molecule has 1 aromatic rings. The highest BCUT2D eigenvalue weighted by molar-refractivity contribution is 7.81. The summed E-state index contributed by atoms with van der Waals surface area (Å²) in [6.07, 6.45) is -6.34. The molecule has 1 fully saturated rings. The van der Waals surface area contributed by atoms with Crippen LogP contribution in [0.3, 0.4) is 0 Å². The predicted molar refractivity (Wildman–Crippen MR) is 124 cm³/mol. The SMILES string of the molecule is CC(C)(C)OC(=O)N(Cc1ccc(OC(F)(F)F)cc1)C(=O)C1CC(S)CN1C(=O)OC(C)(C)C. The zero-order valence-electron chi connectivity index (χ0n) is 20.5. The molecule has 1 aromatic carbocycles. The van der Waals surface area contributed by atoms with E-state index in [9.17, 15) is 27.6 Å². The maximum atomic E-state index is 13.5. The van der Waals surface area contributed by atoms with Gasteiger partial charge in [-0.1, -0.05) is 12.1 Å². The molecule has 1 aliphatic rings. The average molecular weight is 521 g/mol. The van der Waals surface area contributed by atoms with E-state index in [1.807, 2.05) is 0 Å². The number of hydrogen-bond donors (Lipinski definition) is 1. The number of likely N-dealkylation sites (tertiary alicyclic amines) is 1. The molecule has 0 bridgehead atoms. The first-order valence-corrected chi connectivity index (χ1v) is 11.4. The van der Waals surface area contributed by atoms with Crippen molar-refractivity contribution in [2.75, 3.05) is 6.54 Å². The van der Waals surface area contributed by atoms with Crippen molar-refractivity contribution in [3.63, 3.8) is 0 Å². The zero-order chi connectivity index (χ0) is 26.8. The summed E-state index contributed by atoms with van der Waals surface area (Å²) < 4.78 is 52.0. The quantitative estimate of drug-likeness (QED) is 0.553. The molecular formula is C23H31F3N2O6S. The molecule has 1 heterocycles. The molecule has 8 nitrogen and oxygen atoms in total. The smallest absolute Gasteiger partial charge is 0.444 e. The van der Waals surface area contributed by atoms with E-state index in [1.165, 1.54) is 17.0 Å². The van der Waals surface area contributed by atoms with Crippen LogP contribution in [-0.4, -0.2) is 63.3 Å². The summed E-state index contributed by atoms with van der Waals surface area (Å²) in [5.74, 6) is -1.15. The lowest BCUT2D eigenvalue weighted by Gasteiger charge is -2.32. The van der Waals surface area contributed by atoms with Gasteiger partial charge in [0.1, 0.15) is 23.0 Å². The second kappa shape index (κ2) is 10.5. The molecule has 0 saturated carbocycles. The lowest BCUT2D eigenvalue weighted by molar-refractivity contribution is -0.274. The zero-order valence-corrected chi connectivity index (χ0v) is 21.4. The van der Waals surface area contributed by atoms with E-state index in [2.05, 4.69) is 17.4 Å². The van der Waals surface area contributed by atoms with Crippen LogP contribution in [0.1, 0.15) is 53.5 Å². The summed E-state index contributed by atoms with van der Waals surface area (Å²) in [4.78, 5) is 41.3. The van der Waals surface area contributed by atoms with Crippen LogP contribution >= 0.6 is 12.6 Å². The van der Waals surface area contributed by atoms with Gasteiger partial charge in [-0.3, -0.25) is 9.69 Å². The van der Waals surface area contributed by atoms with E-state index in [1.54, 1.807) is 41.5 Å². The minimum Gasteiger partial charge on any atom is -0.444 e. The van der Waals surface area contributed by atoms with Crippen molar-refractivity contribution in [3.8, 4) is 5.75 Å². The molecule has 0 aliphatic carbocycles. The molecule has 0 N–H and O–H groups in total. The van der Waals surface area contributed by atoms with Crippen LogP contribution in [0.5, 0.6) is 5.75 Å². The van der Waals surface area contributed by atoms with Crippen molar-refractivity contribution in [1.29, 1.82) is 0 Å². The Morgan fingerprint density at radius 3 is 2.03 bits per heavy atom. The van der Waals surface area contributed by atoms with Gasteiger partial charge in [0.2, 0.25) is 0 Å². The number of hydrogen-bond acceptors (Lipinski definition) is 7. The highest BCUT2D eigenvalue weighted by atomic mass is 32.1. The number of rotatable bonds is 4. The maximum absolute atomic E-state index is 13.5. The summed E-state index contributed by atoms with van der Waals surface area (Å²) in [5.41, 5.74) is -1.38. The van der Waals surface area contributed by atoms with Gasteiger partial charge in [0, 0.05) is 11.8 Å². The topological polar surface area (TPSA) is 85.4 Å². The fourth-order valence-corrected chi connectivity index (χ4v) is 3.65. The van der Waals surface area contributed by atoms with Crippen molar-refractivity contribution < 1.29 is 41.8 Å². The van der Waals surface area contributed by atoms with E-state index in [-0.39, 0.29) is 24.8 Å². The van der Waals surface area contributed by atoms with Crippen molar-refractivity contribution in [2.45, 2.75) is 83.4 Å². The number of nitrogens with zero attached hydrogens (tertiary/aromatic N) is 2. The van der Waals surface area contributed by atoms with E-state index < -0.39 is 47.4 Å². The number of imide groups is 1. The van der Waals surface area contributed by atoms with Crippen molar-refractivity contribution in [1.82, 2.24) is 9.80 Å². The van der Waals surface area contributed by atoms with Crippen LogP contribution in [0.2, 0.25) is 0 Å². The second-order valence-electron chi connectivity index (χ2n) is 10.1. The van der Waals surface area contributed by atoms with Gasteiger partial charge in [-0.25, -0.2) is 14.5 Å². The average Bonchev–Trinajstić information content (AvgIpc) is 3.05. The Kier molecular flexibility index (Phi) is 8.62. The number of thiol groups is 1. The minimum atomic E-state index is -4.85. The molecule has 0 spiro atoms. The number of amides is 3. The number of halogens is 3. The highest BCUT2D eigenvalue weighted by Crippen LogP contribution is 2.28.